The van der Waals surface area contributed by atoms with Crippen molar-refractivity contribution < 1.29 is 17.2 Å². The molecule has 0 bridgehead atoms. The van der Waals surface area contributed by atoms with Gasteiger partial charge in [0.15, 0.2) is 4.90 Å². The van der Waals surface area contributed by atoms with Gasteiger partial charge in [-0.05, 0) is 30.3 Å². The zero-order valence-corrected chi connectivity index (χ0v) is 12.5. The van der Waals surface area contributed by atoms with Gasteiger partial charge >= 0.3 is 0 Å². The molecule has 0 saturated heterocycles. The van der Waals surface area contributed by atoms with E-state index in [-0.39, 0.29) is 5.69 Å². The van der Waals surface area contributed by atoms with Crippen molar-refractivity contribution in [1.29, 1.82) is 0 Å². The average molecular weight is 335 g/mol. The summed E-state index contributed by atoms with van der Waals surface area (Å²) in [5, 5.41) is 4.02. The molecule has 23 heavy (non-hydrogen) atoms. The fraction of sp³-hybridized carbons (Fsp3) is 0. The minimum absolute atomic E-state index is 0.152. The topological polar surface area (TPSA) is 64.0 Å². The number of para-hydroxylation sites is 2. The number of nitrogens with one attached hydrogen (secondary N) is 1. The first-order valence-electron chi connectivity index (χ1n) is 6.55. The van der Waals surface area contributed by atoms with Gasteiger partial charge in [-0.15, -0.1) is 0 Å². The maximum Gasteiger partial charge on any atom is 0.267 e. The molecule has 0 spiro atoms. The molecule has 1 N–H and O–H groups in total. The summed E-state index contributed by atoms with van der Waals surface area (Å²) in [5.74, 6) is -2.32. The molecule has 1 heterocycles. The van der Waals surface area contributed by atoms with E-state index in [0.717, 1.165) is 18.2 Å². The van der Waals surface area contributed by atoms with Crippen LogP contribution in [-0.2, 0) is 10.0 Å². The third-order valence-corrected chi connectivity index (χ3v) is 4.50. The first-order valence-corrected chi connectivity index (χ1v) is 8.03. The zero-order valence-electron chi connectivity index (χ0n) is 11.6. The van der Waals surface area contributed by atoms with Gasteiger partial charge in [0, 0.05) is 12.4 Å². The highest BCUT2D eigenvalue weighted by atomic mass is 32.2. The molecule has 118 valence electrons. The van der Waals surface area contributed by atoms with E-state index >= 15 is 0 Å². The van der Waals surface area contributed by atoms with Crippen LogP contribution in [0.5, 0.6) is 0 Å². The van der Waals surface area contributed by atoms with Crippen molar-refractivity contribution in [2.24, 2.45) is 0 Å². The van der Waals surface area contributed by atoms with Gasteiger partial charge in [0.05, 0.1) is 11.4 Å². The van der Waals surface area contributed by atoms with Crippen LogP contribution >= 0.6 is 0 Å². The number of halogens is 2. The van der Waals surface area contributed by atoms with Gasteiger partial charge in [0.1, 0.15) is 11.6 Å². The summed E-state index contributed by atoms with van der Waals surface area (Å²) in [5.41, 5.74) is 0.580. The van der Waals surface area contributed by atoms with E-state index in [2.05, 4.69) is 9.82 Å². The van der Waals surface area contributed by atoms with Crippen LogP contribution in [0.15, 0.2) is 65.8 Å². The fourth-order valence-electron chi connectivity index (χ4n) is 2.11. The zero-order chi connectivity index (χ0) is 16.4. The van der Waals surface area contributed by atoms with Crippen molar-refractivity contribution in [2.75, 3.05) is 4.72 Å². The second kappa shape index (κ2) is 5.81. The monoisotopic (exact) mass is 335 g/mol. The summed E-state index contributed by atoms with van der Waals surface area (Å²) < 4.78 is 55.8. The number of benzene rings is 2. The van der Waals surface area contributed by atoms with Gasteiger partial charge in [-0.2, -0.15) is 5.10 Å². The third-order valence-electron chi connectivity index (χ3n) is 3.09. The van der Waals surface area contributed by atoms with E-state index in [1.165, 1.54) is 16.9 Å². The Morgan fingerprint density at radius 1 is 0.957 bits per heavy atom. The molecule has 0 aliphatic carbocycles. The van der Waals surface area contributed by atoms with Crippen molar-refractivity contribution in [3.8, 4) is 5.69 Å². The molecular formula is C15H11F2N3O2S. The van der Waals surface area contributed by atoms with Crippen molar-refractivity contribution >= 4 is 15.7 Å². The maximum absolute atomic E-state index is 13.7. The molecule has 2 aromatic carbocycles. The van der Waals surface area contributed by atoms with Crippen LogP contribution in [0.1, 0.15) is 0 Å². The summed E-state index contributed by atoms with van der Waals surface area (Å²) in [4.78, 5) is -1.02. The molecule has 0 fully saturated rings. The number of hydrogen-bond donors (Lipinski definition) is 1. The van der Waals surface area contributed by atoms with Crippen molar-refractivity contribution in [3.63, 3.8) is 0 Å². The fourth-order valence-corrected chi connectivity index (χ4v) is 3.32. The Morgan fingerprint density at radius 3 is 2.30 bits per heavy atom. The Hall–Kier alpha value is -2.74. The van der Waals surface area contributed by atoms with Gasteiger partial charge in [-0.25, -0.2) is 21.9 Å². The first kappa shape index (κ1) is 15.2. The Kier molecular flexibility index (Phi) is 3.83. The molecule has 8 heteroatoms. The predicted octanol–water partition coefficient (Wildman–Crippen LogP) is 2.95. The van der Waals surface area contributed by atoms with Crippen molar-refractivity contribution in [3.05, 3.63) is 72.6 Å². The molecule has 0 aliphatic heterocycles. The quantitative estimate of drug-likeness (QED) is 0.797. The SMILES string of the molecule is O=S(=O)(Nc1ccccc1-n1cccn1)c1c(F)cccc1F. The highest BCUT2D eigenvalue weighted by Crippen LogP contribution is 2.25. The Labute approximate surface area is 131 Å². The summed E-state index contributed by atoms with van der Waals surface area (Å²) in [7, 11) is -4.43. The number of sulfonamides is 1. The van der Waals surface area contributed by atoms with Gasteiger partial charge in [0.25, 0.3) is 10.0 Å². The van der Waals surface area contributed by atoms with E-state index in [9.17, 15) is 17.2 Å². The number of nitrogens with zero attached hydrogens (tertiary/aromatic N) is 2. The van der Waals surface area contributed by atoms with Gasteiger partial charge in [-0.3, -0.25) is 4.72 Å². The van der Waals surface area contributed by atoms with Crippen molar-refractivity contribution in [2.45, 2.75) is 4.90 Å². The predicted molar refractivity (Wildman–Crippen MR) is 80.7 cm³/mol. The van der Waals surface area contributed by atoms with E-state index in [1.54, 1.807) is 30.5 Å². The minimum atomic E-state index is -4.43. The molecule has 0 amide bonds. The number of hydrogen-bond acceptors (Lipinski definition) is 3. The molecule has 0 radical (unpaired) electrons. The maximum atomic E-state index is 13.7. The van der Waals surface area contributed by atoms with Crippen LogP contribution in [0.25, 0.3) is 5.69 Å². The first-order chi connectivity index (χ1) is 11.0. The summed E-state index contributed by atoms with van der Waals surface area (Å²) in [6.07, 6.45) is 3.15. The number of aromatic nitrogens is 2. The van der Waals surface area contributed by atoms with Gasteiger partial charge in [0.2, 0.25) is 0 Å². The number of rotatable bonds is 4. The molecule has 0 unspecified atom stereocenters. The Bertz CT molecular complexity index is 921. The minimum Gasteiger partial charge on any atom is -0.277 e. The molecule has 3 aromatic rings. The smallest absolute Gasteiger partial charge is 0.267 e. The van der Waals surface area contributed by atoms with Crippen LogP contribution in [0.4, 0.5) is 14.5 Å². The highest BCUT2D eigenvalue weighted by molar-refractivity contribution is 7.92. The summed E-state index contributed by atoms with van der Waals surface area (Å²) >= 11 is 0. The largest absolute Gasteiger partial charge is 0.277 e. The Balaban J connectivity index is 2.06. The lowest BCUT2D eigenvalue weighted by Gasteiger charge is -2.13. The summed E-state index contributed by atoms with van der Waals surface area (Å²) in [6.45, 7) is 0. The molecule has 0 saturated carbocycles. The molecule has 0 atom stereocenters. The van der Waals surface area contributed by atoms with Gasteiger partial charge in [-0.1, -0.05) is 18.2 Å². The molecule has 1 aromatic heterocycles. The lowest BCUT2D eigenvalue weighted by atomic mass is 10.3. The lowest BCUT2D eigenvalue weighted by molar-refractivity contribution is 0.521. The van der Waals surface area contributed by atoms with Crippen LogP contribution < -0.4 is 4.72 Å². The highest BCUT2D eigenvalue weighted by Gasteiger charge is 2.24. The molecule has 0 aliphatic rings. The van der Waals surface area contributed by atoms with E-state index in [4.69, 9.17) is 0 Å². The third kappa shape index (κ3) is 2.93. The number of anilines is 1. The second-order valence-electron chi connectivity index (χ2n) is 4.62. The van der Waals surface area contributed by atoms with E-state index in [0.29, 0.717) is 5.69 Å². The van der Waals surface area contributed by atoms with Gasteiger partial charge < -0.3 is 0 Å². The Morgan fingerprint density at radius 2 is 1.65 bits per heavy atom. The van der Waals surface area contributed by atoms with Crippen LogP contribution in [0.3, 0.4) is 0 Å². The van der Waals surface area contributed by atoms with E-state index < -0.39 is 26.6 Å². The molecular weight excluding hydrogens is 324 g/mol. The molecule has 3 rings (SSSR count). The normalized spacial score (nSPS) is 11.4. The molecule has 5 nitrogen and oxygen atoms in total. The standard InChI is InChI=1S/C15H11F2N3O2S/c16-11-5-3-6-12(17)15(11)23(21,22)19-13-7-1-2-8-14(13)20-10-4-9-18-20/h1-10,19H. The van der Waals surface area contributed by atoms with E-state index in [1.807, 2.05) is 0 Å². The van der Waals surface area contributed by atoms with Crippen molar-refractivity contribution in [1.82, 2.24) is 9.78 Å². The second-order valence-corrected chi connectivity index (χ2v) is 6.24. The average Bonchev–Trinajstić information content (AvgIpc) is 3.01. The lowest BCUT2D eigenvalue weighted by Crippen LogP contribution is -2.17. The van der Waals surface area contributed by atoms with Crippen LogP contribution in [-0.4, -0.2) is 18.2 Å². The van der Waals surface area contributed by atoms with Crippen LogP contribution in [0, 0.1) is 11.6 Å². The summed E-state index contributed by atoms with van der Waals surface area (Å²) in [6, 6.07) is 10.9. The van der Waals surface area contributed by atoms with Crippen LogP contribution in [0.2, 0.25) is 0 Å².